The highest BCUT2D eigenvalue weighted by Gasteiger charge is 2.13. The van der Waals surface area contributed by atoms with Gasteiger partial charge in [0, 0.05) is 59.7 Å². The summed E-state index contributed by atoms with van der Waals surface area (Å²) in [5.74, 6) is 0. The first-order valence-corrected chi connectivity index (χ1v) is 22.0. The molecule has 0 saturated carbocycles. The fourth-order valence-electron chi connectivity index (χ4n) is 3.20. The van der Waals surface area contributed by atoms with Crippen molar-refractivity contribution in [2.24, 2.45) is 0 Å². The highest BCUT2D eigenvalue weighted by atomic mass is 79.9. The van der Waals surface area contributed by atoms with E-state index < -0.39 is 23.3 Å². The maximum atomic E-state index is 8.55. The van der Waals surface area contributed by atoms with Gasteiger partial charge < -0.3 is 28.7 Å². The Morgan fingerprint density at radius 3 is 1.64 bits per heavy atom. The number of hydrogen-bond donors (Lipinski definition) is 2. The van der Waals surface area contributed by atoms with Crippen LogP contribution in [-0.4, -0.2) is 75.6 Å². The molecule has 10 nitrogen and oxygen atoms in total. The lowest BCUT2D eigenvalue weighted by atomic mass is 9.81. The molecule has 0 aliphatic rings. The molecule has 14 heteroatoms. The predicted molar refractivity (Wildman–Crippen MR) is 178 cm³/mol. The summed E-state index contributed by atoms with van der Waals surface area (Å²) < 4.78 is 16.2. The lowest BCUT2D eigenvalue weighted by Crippen LogP contribution is -2.29. The third-order valence-electron chi connectivity index (χ3n) is 5.81. The zero-order valence-corrected chi connectivity index (χ0v) is 29.1. The van der Waals surface area contributed by atoms with E-state index >= 15 is 0 Å². The number of ether oxygens (including phenoxy) is 2. The summed E-state index contributed by atoms with van der Waals surface area (Å²) in [6.45, 7) is 16.9. The molecule has 0 atom stereocenters. The number of pyridine rings is 2. The van der Waals surface area contributed by atoms with Crippen LogP contribution in [-0.2, 0) is 22.9 Å². The molecule has 4 rings (SSSR count). The summed E-state index contributed by atoms with van der Waals surface area (Å²) in [6.07, 6.45) is 13.8. The van der Waals surface area contributed by atoms with Gasteiger partial charge in [-0.05, 0) is 57.7 Å². The smallest absolute Gasteiger partial charge is 0.423 e. The zero-order chi connectivity index (χ0) is 31.0. The van der Waals surface area contributed by atoms with Crippen LogP contribution in [0.25, 0.3) is 11.3 Å². The minimum atomic E-state index is -1.38. The van der Waals surface area contributed by atoms with Gasteiger partial charge in [0.1, 0.15) is 18.1 Å². The molecule has 4 aromatic heterocycles. The molecule has 2 N–H and O–H groups in total. The predicted octanol–water partition coefficient (Wildman–Crippen LogP) is 4.98. The van der Waals surface area contributed by atoms with Gasteiger partial charge in [-0.2, -0.15) is 0 Å². The van der Waals surface area contributed by atoms with Crippen molar-refractivity contribution in [2.75, 3.05) is 13.2 Å². The molecule has 0 spiro atoms. The van der Waals surface area contributed by atoms with Crippen LogP contribution < -0.4 is 5.46 Å². The van der Waals surface area contributed by atoms with Crippen molar-refractivity contribution in [1.82, 2.24) is 29.1 Å². The monoisotopic (exact) mass is 674 g/mol. The molecule has 0 bridgehead atoms. The van der Waals surface area contributed by atoms with Gasteiger partial charge in [0.05, 0.1) is 30.7 Å². The first-order valence-electron chi connectivity index (χ1n) is 13.8. The molecule has 0 fully saturated rings. The average Bonchev–Trinajstić information content (AvgIpc) is 3.58. The Bertz CT molecular complexity index is 1270. The van der Waals surface area contributed by atoms with E-state index in [4.69, 9.17) is 19.5 Å². The molecular formula is C28H44BBrN6O4Si2. The van der Waals surface area contributed by atoms with Gasteiger partial charge in [0.2, 0.25) is 0 Å². The minimum absolute atomic E-state index is 0.463. The van der Waals surface area contributed by atoms with E-state index in [0.29, 0.717) is 18.9 Å². The van der Waals surface area contributed by atoms with Crippen molar-refractivity contribution in [3.8, 4) is 11.3 Å². The maximum Gasteiger partial charge on any atom is 0.488 e. The summed E-state index contributed by atoms with van der Waals surface area (Å²) in [7, 11) is -3.35. The molecule has 0 aliphatic carbocycles. The van der Waals surface area contributed by atoms with Gasteiger partial charge in [-0.25, -0.2) is 9.97 Å². The first-order chi connectivity index (χ1) is 19.9. The van der Waals surface area contributed by atoms with E-state index in [1.165, 1.54) is 24.5 Å². The molecular weight excluding hydrogens is 631 g/mol. The Balaban J connectivity index is 0.000000235. The first kappa shape index (κ1) is 35.7. The Labute approximate surface area is 260 Å². The second kappa shape index (κ2) is 18.3. The van der Waals surface area contributed by atoms with E-state index in [1.807, 2.05) is 33.8 Å². The second-order valence-electron chi connectivity index (χ2n) is 12.0. The highest BCUT2D eigenvalue weighted by molar-refractivity contribution is 9.10. The Hall–Kier alpha value is -2.46. The van der Waals surface area contributed by atoms with Crippen molar-refractivity contribution in [3.05, 3.63) is 78.7 Å². The van der Waals surface area contributed by atoms with Crippen LogP contribution in [0.15, 0.2) is 78.7 Å². The van der Waals surface area contributed by atoms with E-state index in [-0.39, 0.29) is 0 Å². The Morgan fingerprint density at radius 2 is 1.19 bits per heavy atom. The third-order valence-corrected chi connectivity index (χ3v) is 9.88. The van der Waals surface area contributed by atoms with Crippen molar-refractivity contribution >= 4 is 44.7 Å². The van der Waals surface area contributed by atoms with E-state index in [0.717, 1.165) is 29.1 Å². The third kappa shape index (κ3) is 15.1. The van der Waals surface area contributed by atoms with Crippen molar-refractivity contribution in [3.63, 3.8) is 0 Å². The highest BCUT2D eigenvalue weighted by Crippen LogP contribution is 2.18. The molecule has 0 unspecified atom stereocenters. The molecule has 228 valence electrons. The zero-order valence-electron chi connectivity index (χ0n) is 25.5. The van der Waals surface area contributed by atoms with Gasteiger partial charge >= 0.3 is 7.12 Å². The topological polar surface area (TPSA) is 120 Å². The standard InChI is InChI=1S/C14H21N3OSi.C9H17BrN2OSi.C5H6BNO2/c1-19(2,3)9-8-18-12-17-11-16-10-14(17)13-4-6-15-7-5-13;1-14(2,3)5-4-13-8-12-7-11-6-9(12)10;8-6(9)5-1-3-7-4-2-5/h4-7,10-11H,8-9,12H2,1-3H3;6-7H,4-5,8H2,1-3H3;1-4,8-9H. The van der Waals surface area contributed by atoms with Crippen molar-refractivity contribution in [2.45, 2.75) is 64.8 Å². The van der Waals surface area contributed by atoms with Crippen LogP contribution in [0.4, 0.5) is 0 Å². The molecule has 0 aromatic carbocycles. The summed E-state index contributed by atoms with van der Waals surface area (Å²) >= 11 is 3.39. The quantitative estimate of drug-likeness (QED) is 0.160. The second-order valence-corrected chi connectivity index (χ2v) is 24.1. The summed E-state index contributed by atoms with van der Waals surface area (Å²) in [5.41, 5.74) is 2.64. The van der Waals surface area contributed by atoms with E-state index in [9.17, 15) is 0 Å². The number of aromatic nitrogens is 6. The van der Waals surface area contributed by atoms with Gasteiger partial charge in [-0.1, -0.05) is 39.3 Å². The average molecular weight is 676 g/mol. The van der Waals surface area contributed by atoms with Crippen LogP contribution >= 0.6 is 15.9 Å². The number of nitrogens with zero attached hydrogens (tertiary/aromatic N) is 6. The Morgan fingerprint density at radius 1 is 0.714 bits per heavy atom. The molecule has 0 saturated heterocycles. The number of halogens is 1. The summed E-state index contributed by atoms with van der Waals surface area (Å²) in [4.78, 5) is 15.9. The molecule has 0 amide bonds. The summed E-state index contributed by atoms with van der Waals surface area (Å²) in [5, 5.41) is 17.1. The lowest BCUT2D eigenvalue weighted by molar-refractivity contribution is 0.0857. The van der Waals surface area contributed by atoms with E-state index in [1.54, 1.807) is 37.1 Å². The lowest BCUT2D eigenvalue weighted by Gasteiger charge is -2.16. The summed E-state index contributed by atoms with van der Waals surface area (Å²) in [6, 6.07) is 9.45. The fourth-order valence-corrected chi connectivity index (χ4v) is 5.03. The number of imidazole rings is 2. The maximum absolute atomic E-state index is 8.55. The molecule has 0 radical (unpaired) electrons. The minimum Gasteiger partial charge on any atom is -0.423 e. The van der Waals surface area contributed by atoms with Crippen LogP contribution in [0, 0.1) is 0 Å². The van der Waals surface area contributed by atoms with Crippen molar-refractivity contribution in [1.29, 1.82) is 0 Å². The Kier molecular flexibility index (Phi) is 15.5. The van der Waals surface area contributed by atoms with Crippen LogP contribution in [0.2, 0.25) is 51.4 Å². The van der Waals surface area contributed by atoms with Gasteiger partial charge in [0.15, 0.2) is 0 Å². The van der Waals surface area contributed by atoms with E-state index in [2.05, 4.69) is 75.1 Å². The van der Waals surface area contributed by atoms with Gasteiger partial charge in [-0.15, -0.1) is 0 Å². The largest absolute Gasteiger partial charge is 0.488 e. The van der Waals surface area contributed by atoms with Crippen LogP contribution in [0.5, 0.6) is 0 Å². The number of hydrogen-bond acceptors (Lipinski definition) is 8. The normalized spacial score (nSPS) is 11.3. The van der Waals surface area contributed by atoms with Gasteiger partial charge in [0.25, 0.3) is 0 Å². The van der Waals surface area contributed by atoms with Crippen LogP contribution in [0.1, 0.15) is 0 Å². The van der Waals surface area contributed by atoms with Crippen LogP contribution in [0.3, 0.4) is 0 Å². The molecule has 4 heterocycles. The molecule has 0 aliphatic heterocycles. The SMILES string of the molecule is C[Si](C)(C)CCOCn1cncc1-c1ccncc1.C[Si](C)(C)CCOCn1cncc1Br.OB(O)c1ccncc1. The number of rotatable bonds is 12. The molecule has 42 heavy (non-hydrogen) atoms. The van der Waals surface area contributed by atoms with Crippen molar-refractivity contribution < 1.29 is 19.5 Å². The van der Waals surface area contributed by atoms with Gasteiger partial charge in [-0.3, -0.25) is 9.97 Å². The fraction of sp³-hybridized carbons (Fsp3) is 0.429. The molecule has 4 aromatic rings.